The fraction of sp³-hybridized carbons (Fsp3) is 0.333. The Hall–Kier alpha value is -0.350. The van der Waals surface area contributed by atoms with E-state index in [0.717, 1.165) is 10.6 Å². The molecule has 0 saturated heterocycles. The van der Waals surface area contributed by atoms with Gasteiger partial charge in [0.05, 0.1) is 6.54 Å². The Bertz CT molecular complexity index is 212. The topological polar surface area (TPSA) is 23.5 Å². The lowest BCUT2D eigenvalue weighted by Crippen LogP contribution is -2.21. The Morgan fingerprint density at radius 3 is 2.90 bits per heavy atom. The molecule has 56 valence electrons. The lowest BCUT2D eigenvalue weighted by Gasteiger charge is -2.20. The van der Waals surface area contributed by atoms with Crippen LogP contribution in [-0.4, -0.2) is 16.8 Å². The molecule has 0 fully saturated rings. The largest absolute Gasteiger partial charge is 0.288 e. The zero-order valence-corrected chi connectivity index (χ0v) is 7.02. The van der Waals surface area contributed by atoms with E-state index in [0.29, 0.717) is 6.54 Å². The van der Waals surface area contributed by atoms with Gasteiger partial charge < -0.3 is 0 Å². The molecule has 0 aromatic rings. The number of nitrogens with zero attached hydrogens (tertiary/aromatic N) is 1. The highest BCUT2D eigenvalue weighted by atomic mass is 79.9. The summed E-state index contributed by atoms with van der Waals surface area (Å²) in [4.78, 5) is 0. The Labute approximate surface area is 66.7 Å². The molecule has 0 amide bonds. The summed E-state index contributed by atoms with van der Waals surface area (Å²) in [6.45, 7) is 2.11. The van der Waals surface area contributed by atoms with Gasteiger partial charge in [0.25, 0.3) is 0 Å². The van der Waals surface area contributed by atoms with Crippen LogP contribution in [0.4, 0.5) is 4.39 Å². The van der Waals surface area contributed by atoms with Crippen molar-refractivity contribution >= 4 is 15.9 Å². The molecule has 0 bridgehead atoms. The second-order valence-corrected chi connectivity index (χ2v) is 2.94. The van der Waals surface area contributed by atoms with Crippen LogP contribution in [0, 0.1) is 0 Å². The van der Waals surface area contributed by atoms with E-state index in [-0.39, 0.29) is 4.61 Å². The SMILES string of the molecule is CC1=CC(F)=C(Br)N(O)C1. The number of rotatable bonds is 0. The molecule has 2 nitrogen and oxygen atoms in total. The summed E-state index contributed by atoms with van der Waals surface area (Å²) in [7, 11) is 0. The zero-order valence-electron chi connectivity index (χ0n) is 5.43. The summed E-state index contributed by atoms with van der Waals surface area (Å²) < 4.78 is 12.7. The molecule has 0 unspecified atom stereocenters. The third kappa shape index (κ3) is 1.38. The molecule has 1 heterocycles. The average molecular weight is 208 g/mol. The Morgan fingerprint density at radius 1 is 1.80 bits per heavy atom. The smallest absolute Gasteiger partial charge is 0.155 e. The maximum absolute atomic E-state index is 12.6. The minimum Gasteiger partial charge on any atom is -0.288 e. The first-order valence-corrected chi connectivity index (χ1v) is 3.59. The highest BCUT2D eigenvalue weighted by Crippen LogP contribution is 2.24. The molecular weight excluding hydrogens is 201 g/mol. The second-order valence-electron chi connectivity index (χ2n) is 2.19. The zero-order chi connectivity index (χ0) is 7.72. The van der Waals surface area contributed by atoms with Crippen molar-refractivity contribution in [2.75, 3.05) is 6.54 Å². The third-order valence-electron chi connectivity index (χ3n) is 1.20. The van der Waals surface area contributed by atoms with Gasteiger partial charge in [0, 0.05) is 0 Å². The summed E-state index contributed by atoms with van der Waals surface area (Å²) in [5.74, 6) is -0.439. The van der Waals surface area contributed by atoms with Gasteiger partial charge in [-0.3, -0.25) is 5.21 Å². The van der Waals surface area contributed by atoms with E-state index >= 15 is 0 Å². The maximum atomic E-state index is 12.6. The van der Waals surface area contributed by atoms with E-state index in [4.69, 9.17) is 5.21 Å². The Balaban J connectivity index is 2.92. The minimum absolute atomic E-state index is 0.0955. The van der Waals surface area contributed by atoms with Crippen molar-refractivity contribution in [2.45, 2.75) is 6.92 Å². The molecule has 0 spiro atoms. The van der Waals surface area contributed by atoms with Crippen LogP contribution < -0.4 is 0 Å². The van der Waals surface area contributed by atoms with Crippen molar-refractivity contribution in [3.8, 4) is 0 Å². The fourth-order valence-corrected chi connectivity index (χ4v) is 0.990. The first-order chi connectivity index (χ1) is 4.61. The van der Waals surface area contributed by atoms with Crippen molar-refractivity contribution in [1.29, 1.82) is 0 Å². The van der Waals surface area contributed by atoms with Gasteiger partial charge in [-0.2, -0.15) is 0 Å². The molecule has 0 aromatic heterocycles. The molecule has 1 rings (SSSR count). The van der Waals surface area contributed by atoms with Crippen molar-refractivity contribution < 1.29 is 9.60 Å². The quantitative estimate of drug-likeness (QED) is 0.616. The van der Waals surface area contributed by atoms with Gasteiger partial charge in [0.15, 0.2) is 5.83 Å². The molecule has 1 N–H and O–H groups in total. The van der Waals surface area contributed by atoms with Crippen LogP contribution in [-0.2, 0) is 0 Å². The molecule has 10 heavy (non-hydrogen) atoms. The Kier molecular flexibility index (Phi) is 2.11. The molecular formula is C6H7BrFNO. The fourth-order valence-electron chi connectivity index (χ4n) is 0.750. The Morgan fingerprint density at radius 2 is 2.40 bits per heavy atom. The van der Waals surface area contributed by atoms with Gasteiger partial charge in [-0.25, -0.2) is 9.45 Å². The lowest BCUT2D eigenvalue weighted by molar-refractivity contribution is -0.0391. The summed E-state index contributed by atoms with van der Waals surface area (Å²) in [5, 5.41) is 9.79. The summed E-state index contributed by atoms with van der Waals surface area (Å²) >= 11 is 2.88. The highest BCUT2D eigenvalue weighted by Gasteiger charge is 2.14. The number of hydrogen-bond donors (Lipinski definition) is 1. The number of halogens is 2. The average Bonchev–Trinajstić information content (AvgIpc) is 1.82. The number of hydrogen-bond acceptors (Lipinski definition) is 2. The van der Waals surface area contributed by atoms with Gasteiger partial charge in [-0.05, 0) is 34.5 Å². The van der Waals surface area contributed by atoms with E-state index < -0.39 is 5.83 Å². The molecule has 0 atom stereocenters. The predicted molar refractivity (Wildman–Crippen MR) is 39.3 cm³/mol. The molecule has 0 radical (unpaired) electrons. The minimum atomic E-state index is -0.439. The first kappa shape index (κ1) is 7.75. The van der Waals surface area contributed by atoms with Gasteiger partial charge in [-0.1, -0.05) is 0 Å². The molecule has 0 aromatic carbocycles. The predicted octanol–water partition coefficient (Wildman–Crippen LogP) is 2.17. The van der Waals surface area contributed by atoms with E-state index in [1.165, 1.54) is 6.08 Å². The van der Waals surface area contributed by atoms with Gasteiger partial charge in [0.2, 0.25) is 0 Å². The molecule has 0 saturated carbocycles. The van der Waals surface area contributed by atoms with E-state index in [1.807, 2.05) is 0 Å². The third-order valence-corrected chi connectivity index (χ3v) is 1.98. The molecule has 4 heteroatoms. The molecule has 0 aliphatic carbocycles. The highest BCUT2D eigenvalue weighted by molar-refractivity contribution is 9.11. The van der Waals surface area contributed by atoms with Crippen LogP contribution in [0.5, 0.6) is 0 Å². The normalized spacial score (nSPS) is 19.6. The van der Waals surface area contributed by atoms with Crippen LogP contribution in [0.2, 0.25) is 0 Å². The van der Waals surface area contributed by atoms with Crippen molar-refractivity contribution in [3.05, 3.63) is 22.1 Å². The van der Waals surface area contributed by atoms with Gasteiger partial charge in [-0.15, -0.1) is 0 Å². The maximum Gasteiger partial charge on any atom is 0.155 e. The van der Waals surface area contributed by atoms with Crippen LogP contribution in [0.3, 0.4) is 0 Å². The van der Waals surface area contributed by atoms with E-state index in [9.17, 15) is 4.39 Å². The summed E-state index contributed by atoms with van der Waals surface area (Å²) in [6.07, 6.45) is 1.39. The number of hydroxylamine groups is 2. The van der Waals surface area contributed by atoms with Gasteiger partial charge >= 0.3 is 0 Å². The first-order valence-electron chi connectivity index (χ1n) is 2.80. The monoisotopic (exact) mass is 207 g/mol. The van der Waals surface area contributed by atoms with Crippen LogP contribution in [0.15, 0.2) is 22.1 Å². The second kappa shape index (κ2) is 2.72. The van der Waals surface area contributed by atoms with Crippen molar-refractivity contribution in [1.82, 2.24) is 5.06 Å². The number of allylic oxidation sites excluding steroid dienone is 2. The molecule has 1 aliphatic heterocycles. The van der Waals surface area contributed by atoms with Crippen LogP contribution >= 0.6 is 15.9 Å². The van der Waals surface area contributed by atoms with Gasteiger partial charge in [0.1, 0.15) is 4.61 Å². The summed E-state index contributed by atoms with van der Waals surface area (Å²) in [6, 6.07) is 0. The van der Waals surface area contributed by atoms with Crippen LogP contribution in [0.1, 0.15) is 6.92 Å². The van der Waals surface area contributed by atoms with Crippen molar-refractivity contribution in [2.24, 2.45) is 0 Å². The van der Waals surface area contributed by atoms with Crippen molar-refractivity contribution in [3.63, 3.8) is 0 Å². The summed E-state index contributed by atoms with van der Waals surface area (Å²) in [5.41, 5.74) is 0.795. The molecule has 1 aliphatic rings. The van der Waals surface area contributed by atoms with Crippen LogP contribution in [0.25, 0.3) is 0 Å². The lowest BCUT2D eigenvalue weighted by atomic mass is 10.2. The van der Waals surface area contributed by atoms with E-state index in [2.05, 4.69) is 15.9 Å². The van der Waals surface area contributed by atoms with E-state index in [1.54, 1.807) is 6.92 Å². The standard InChI is InChI=1S/C6H7BrFNO/c1-4-2-5(8)6(7)9(10)3-4/h2,10H,3H2,1H3.